The SMILES string of the molecule is COC(=O)CC[C@]1(C(=O)OC)N[C@H](C(=O)OC)Cc2[nH]cnc21. The second kappa shape index (κ2) is 6.78. The third kappa shape index (κ3) is 3.04. The van der Waals surface area contributed by atoms with Crippen LogP contribution in [0.15, 0.2) is 6.33 Å². The van der Waals surface area contributed by atoms with Crippen LogP contribution in [-0.4, -0.2) is 55.2 Å². The van der Waals surface area contributed by atoms with E-state index in [2.05, 4.69) is 20.0 Å². The average molecular weight is 325 g/mol. The van der Waals surface area contributed by atoms with Gasteiger partial charge in [0.2, 0.25) is 0 Å². The molecule has 0 spiro atoms. The predicted molar refractivity (Wildman–Crippen MR) is 76.2 cm³/mol. The Labute approximate surface area is 132 Å². The van der Waals surface area contributed by atoms with Crippen LogP contribution in [0.25, 0.3) is 0 Å². The maximum atomic E-state index is 12.5. The highest BCUT2D eigenvalue weighted by Gasteiger charge is 2.51. The first kappa shape index (κ1) is 16.9. The maximum Gasteiger partial charge on any atom is 0.332 e. The van der Waals surface area contributed by atoms with Crippen LogP contribution < -0.4 is 5.32 Å². The Morgan fingerprint density at radius 1 is 1.26 bits per heavy atom. The molecular weight excluding hydrogens is 306 g/mol. The van der Waals surface area contributed by atoms with Crippen LogP contribution in [-0.2, 0) is 40.6 Å². The van der Waals surface area contributed by atoms with Gasteiger partial charge in [-0.1, -0.05) is 0 Å². The number of hydrogen-bond acceptors (Lipinski definition) is 8. The van der Waals surface area contributed by atoms with Crippen molar-refractivity contribution in [1.82, 2.24) is 15.3 Å². The number of ether oxygens (including phenoxy) is 3. The van der Waals surface area contributed by atoms with E-state index in [1.165, 1.54) is 27.7 Å². The number of aromatic nitrogens is 2. The number of nitrogens with one attached hydrogen (secondary N) is 2. The van der Waals surface area contributed by atoms with Crippen LogP contribution in [0.2, 0.25) is 0 Å². The van der Waals surface area contributed by atoms with Gasteiger partial charge < -0.3 is 19.2 Å². The Bertz CT molecular complexity index is 613. The van der Waals surface area contributed by atoms with Gasteiger partial charge in [-0.25, -0.2) is 9.78 Å². The molecule has 2 heterocycles. The molecule has 0 saturated heterocycles. The van der Waals surface area contributed by atoms with Gasteiger partial charge in [0.25, 0.3) is 0 Å². The molecule has 0 amide bonds. The smallest absolute Gasteiger partial charge is 0.332 e. The van der Waals surface area contributed by atoms with Gasteiger partial charge in [0.05, 0.1) is 33.4 Å². The number of rotatable bonds is 5. The highest BCUT2D eigenvalue weighted by molar-refractivity contribution is 5.86. The van der Waals surface area contributed by atoms with E-state index in [4.69, 9.17) is 9.47 Å². The summed E-state index contributed by atoms with van der Waals surface area (Å²) in [7, 11) is 3.76. The Morgan fingerprint density at radius 3 is 2.61 bits per heavy atom. The monoisotopic (exact) mass is 325 g/mol. The first-order valence-corrected chi connectivity index (χ1v) is 7.02. The number of nitrogens with zero attached hydrogens (tertiary/aromatic N) is 1. The third-order valence-corrected chi connectivity index (χ3v) is 3.90. The lowest BCUT2D eigenvalue weighted by molar-refractivity contribution is -0.154. The molecule has 1 aliphatic rings. The van der Waals surface area contributed by atoms with Gasteiger partial charge in [0.1, 0.15) is 6.04 Å². The lowest BCUT2D eigenvalue weighted by Crippen LogP contribution is -2.60. The molecule has 2 N–H and O–H groups in total. The molecule has 126 valence electrons. The molecule has 1 aliphatic heterocycles. The van der Waals surface area contributed by atoms with Crippen molar-refractivity contribution in [2.24, 2.45) is 0 Å². The second-order valence-electron chi connectivity index (χ2n) is 5.13. The fourth-order valence-corrected chi connectivity index (χ4v) is 2.76. The molecule has 1 aromatic heterocycles. The summed E-state index contributed by atoms with van der Waals surface area (Å²) in [4.78, 5) is 43.0. The molecule has 9 nitrogen and oxygen atoms in total. The van der Waals surface area contributed by atoms with Gasteiger partial charge in [-0.15, -0.1) is 0 Å². The molecule has 0 fully saturated rings. The molecule has 9 heteroatoms. The molecule has 0 aliphatic carbocycles. The number of fused-ring (bicyclic) bond motifs is 1. The van der Waals surface area contributed by atoms with Crippen LogP contribution in [0.3, 0.4) is 0 Å². The molecule has 0 bridgehead atoms. The Kier molecular flexibility index (Phi) is 4.99. The molecule has 0 radical (unpaired) electrons. The normalized spacial score (nSPS) is 22.8. The number of H-pyrrole nitrogens is 1. The number of aromatic amines is 1. The standard InChI is InChI=1S/C14H19N3O6/c1-21-10(18)4-5-14(13(20)23-3)11-8(15-7-16-11)6-9(17-14)12(19)22-2/h7,9,17H,4-6H2,1-3H3,(H,15,16)/t9-,14-/m0/s1. The fourth-order valence-electron chi connectivity index (χ4n) is 2.76. The molecule has 2 rings (SSSR count). The average Bonchev–Trinajstić information content (AvgIpc) is 3.06. The molecule has 2 atom stereocenters. The van der Waals surface area contributed by atoms with Crippen molar-refractivity contribution >= 4 is 17.9 Å². The van der Waals surface area contributed by atoms with Crippen LogP contribution in [0.1, 0.15) is 24.2 Å². The van der Waals surface area contributed by atoms with Gasteiger partial charge in [0, 0.05) is 18.5 Å². The van der Waals surface area contributed by atoms with Crippen molar-refractivity contribution in [2.75, 3.05) is 21.3 Å². The summed E-state index contributed by atoms with van der Waals surface area (Å²) >= 11 is 0. The number of carbonyl (C=O) groups is 3. The molecule has 23 heavy (non-hydrogen) atoms. The quantitative estimate of drug-likeness (QED) is 0.545. The van der Waals surface area contributed by atoms with E-state index < -0.39 is 29.5 Å². The number of methoxy groups -OCH3 is 3. The zero-order valence-corrected chi connectivity index (χ0v) is 13.2. The van der Waals surface area contributed by atoms with Gasteiger partial charge >= 0.3 is 17.9 Å². The van der Waals surface area contributed by atoms with E-state index in [1.807, 2.05) is 0 Å². The summed E-state index contributed by atoms with van der Waals surface area (Å²) in [6, 6.07) is -0.760. The van der Waals surface area contributed by atoms with Crippen molar-refractivity contribution in [2.45, 2.75) is 30.8 Å². The fraction of sp³-hybridized carbons (Fsp3) is 0.571. The van der Waals surface area contributed by atoms with Crippen molar-refractivity contribution in [3.05, 3.63) is 17.7 Å². The molecular formula is C14H19N3O6. The van der Waals surface area contributed by atoms with Gasteiger partial charge in [0.15, 0.2) is 5.54 Å². The van der Waals surface area contributed by atoms with Crippen molar-refractivity contribution < 1.29 is 28.6 Å². The largest absolute Gasteiger partial charge is 0.469 e. The minimum atomic E-state index is -1.42. The summed E-state index contributed by atoms with van der Waals surface area (Å²) in [5.74, 6) is -1.63. The number of imidazole rings is 1. The Morgan fingerprint density at radius 2 is 2.00 bits per heavy atom. The van der Waals surface area contributed by atoms with Crippen molar-refractivity contribution in [1.29, 1.82) is 0 Å². The second-order valence-corrected chi connectivity index (χ2v) is 5.13. The van der Waals surface area contributed by atoms with E-state index in [-0.39, 0.29) is 12.8 Å². The number of carbonyl (C=O) groups excluding carboxylic acids is 3. The molecule has 0 saturated carbocycles. The Hall–Kier alpha value is -2.42. The van der Waals surface area contributed by atoms with Crippen LogP contribution in [0.5, 0.6) is 0 Å². The predicted octanol–water partition coefficient (Wildman–Crippen LogP) is -0.581. The summed E-state index contributed by atoms with van der Waals surface area (Å²) < 4.78 is 14.3. The highest BCUT2D eigenvalue weighted by Crippen LogP contribution is 2.34. The molecule has 1 aromatic rings. The summed E-state index contributed by atoms with van der Waals surface area (Å²) in [6.45, 7) is 0. The maximum absolute atomic E-state index is 12.5. The van der Waals surface area contributed by atoms with Crippen LogP contribution in [0, 0.1) is 0 Å². The Balaban J connectivity index is 2.43. The van der Waals surface area contributed by atoms with E-state index in [9.17, 15) is 14.4 Å². The van der Waals surface area contributed by atoms with E-state index in [0.717, 1.165) is 0 Å². The minimum Gasteiger partial charge on any atom is -0.469 e. The molecule has 0 aromatic carbocycles. The van der Waals surface area contributed by atoms with Gasteiger partial charge in [-0.05, 0) is 6.42 Å². The number of esters is 3. The highest BCUT2D eigenvalue weighted by atomic mass is 16.5. The summed E-state index contributed by atoms with van der Waals surface area (Å²) in [6.07, 6.45) is 1.72. The van der Waals surface area contributed by atoms with E-state index in [0.29, 0.717) is 17.8 Å². The minimum absolute atomic E-state index is 0.0394. The zero-order chi connectivity index (χ0) is 17.0. The van der Waals surface area contributed by atoms with Gasteiger partial charge in [-0.3, -0.25) is 14.9 Å². The third-order valence-electron chi connectivity index (χ3n) is 3.90. The van der Waals surface area contributed by atoms with Gasteiger partial charge in [-0.2, -0.15) is 0 Å². The summed E-state index contributed by atoms with van der Waals surface area (Å²) in [5.41, 5.74) is -0.391. The van der Waals surface area contributed by atoms with Crippen molar-refractivity contribution in [3.63, 3.8) is 0 Å². The van der Waals surface area contributed by atoms with Crippen molar-refractivity contribution in [3.8, 4) is 0 Å². The zero-order valence-electron chi connectivity index (χ0n) is 13.2. The number of hydrogen-bond donors (Lipinski definition) is 2. The first-order valence-electron chi connectivity index (χ1n) is 7.02. The van der Waals surface area contributed by atoms with Crippen LogP contribution >= 0.6 is 0 Å². The lowest BCUT2D eigenvalue weighted by Gasteiger charge is -2.37. The first-order chi connectivity index (χ1) is 11.0. The topological polar surface area (TPSA) is 120 Å². The lowest BCUT2D eigenvalue weighted by atomic mass is 9.82. The molecule has 0 unspecified atom stereocenters. The van der Waals surface area contributed by atoms with E-state index >= 15 is 0 Å². The van der Waals surface area contributed by atoms with Crippen LogP contribution in [0.4, 0.5) is 0 Å². The summed E-state index contributed by atoms with van der Waals surface area (Å²) in [5, 5.41) is 2.95. The van der Waals surface area contributed by atoms with E-state index in [1.54, 1.807) is 0 Å².